The second-order valence-corrected chi connectivity index (χ2v) is 4.61. The van der Waals surface area contributed by atoms with Crippen LogP contribution >= 0.6 is 0 Å². The third kappa shape index (κ3) is 1.29. The molecule has 1 aromatic heterocycles. The highest BCUT2D eigenvalue weighted by Crippen LogP contribution is 2.35. The van der Waals surface area contributed by atoms with Gasteiger partial charge in [-0.3, -0.25) is 4.79 Å². The molecular weight excluding hydrogens is 198 g/mol. The molecule has 0 unspecified atom stereocenters. The molecule has 1 heterocycles. The van der Waals surface area contributed by atoms with Gasteiger partial charge in [-0.2, -0.15) is 0 Å². The second kappa shape index (κ2) is 3.48. The number of rotatable bonds is 2. The Kier molecular flexibility index (Phi) is 2.10. The van der Waals surface area contributed by atoms with Gasteiger partial charge in [-0.25, -0.2) is 0 Å². The van der Waals surface area contributed by atoms with Crippen LogP contribution in [0.25, 0.3) is 10.9 Å². The molecule has 2 aromatic rings. The van der Waals surface area contributed by atoms with Gasteiger partial charge in [0, 0.05) is 23.2 Å². The number of ketones is 1. The van der Waals surface area contributed by atoms with Gasteiger partial charge in [-0.15, -0.1) is 0 Å². The summed E-state index contributed by atoms with van der Waals surface area (Å²) < 4.78 is 2.29. The normalized spacial score (nSPS) is 16.3. The molecule has 82 valence electrons. The molecule has 0 radical (unpaired) electrons. The number of hydrogen-bond acceptors (Lipinski definition) is 1. The van der Waals surface area contributed by atoms with Crippen molar-refractivity contribution >= 4 is 16.7 Å². The summed E-state index contributed by atoms with van der Waals surface area (Å²) in [5, 5.41) is 1.18. The highest BCUT2D eigenvalue weighted by molar-refractivity contribution is 6.06. The number of carbonyl (C=O) groups is 1. The molecule has 1 fully saturated rings. The molecule has 0 bridgehead atoms. The molecule has 1 aromatic carbocycles. The Labute approximate surface area is 94.9 Å². The lowest BCUT2D eigenvalue weighted by Crippen LogP contribution is -2.16. The van der Waals surface area contributed by atoms with E-state index in [9.17, 15) is 4.79 Å². The van der Waals surface area contributed by atoms with Crippen LogP contribution in [0, 0.1) is 0 Å². The average Bonchev–Trinajstić information content (AvgIpc) is 2.59. The predicted molar refractivity (Wildman–Crippen MR) is 64.8 cm³/mol. The summed E-state index contributed by atoms with van der Waals surface area (Å²) in [6.07, 6.45) is 5.93. The third-order valence-electron chi connectivity index (χ3n) is 3.59. The average molecular weight is 213 g/mol. The van der Waals surface area contributed by atoms with Gasteiger partial charge in [-0.1, -0.05) is 12.1 Å². The minimum Gasteiger partial charge on any atom is -0.344 e. The molecule has 0 saturated heterocycles. The van der Waals surface area contributed by atoms with Crippen LogP contribution < -0.4 is 0 Å². The molecule has 1 saturated carbocycles. The SMILES string of the molecule is CC(=O)c1cccc2ccn(C3CCC3)c12. The zero-order valence-electron chi connectivity index (χ0n) is 9.44. The summed E-state index contributed by atoms with van der Waals surface area (Å²) in [7, 11) is 0. The van der Waals surface area contributed by atoms with E-state index in [1.807, 2.05) is 12.1 Å². The summed E-state index contributed by atoms with van der Waals surface area (Å²) in [5.41, 5.74) is 1.98. The van der Waals surface area contributed by atoms with Gasteiger partial charge in [0.15, 0.2) is 5.78 Å². The number of carbonyl (C=O) groups excluding carboxylic acids is 1. The smallest absolute Gasteiger partial charge is 0.161 e. The number of para-hydroxylation sites is 1. The summed E-state index contributed by atoms with van der Waals surface area (Å²) in [6.45, 7) is 1.65. The van der Waals surface area contributed by atoms with Crippen molar-refractivity contribution in [3.8, 4) is 0 Å². The quantitative estimate of drug-likeness (QED) is 0.699. The maximum atomic E-state index is 11.6. The van der Waals surface area contributed by atoms with E-state index in [4.69, 9.17) is 0 Å². The molecule has 16 heavy (non-hydrogen) atoms. The Bertz CT molecular complexity index is 549. The summed E-state index contributed by atoms with van der Waals surface area (Å²) in [6, 6.07) is 8.69. The molecule has 0 atom stereocenters. The van der Waals surface area contributed by atoms with Gasteiger partial charge >= 0.3 is 0 Å². The molecule has 0 amide bonds. The van der Waals surface area contributed by atoms with E-state index < -0.39 is 0 Å². The molecule has 2 heteroatoms. The Balaban J connectivity index is 2.25. The van der Waals surface area contributed by atoms with Crippen molar-refractivity contribution < 1.29 is 4.79 Å². The summed E-state index contributed by atoms with van der Waals surface area (Å²) >= 11 is 0. The third-order valence-corrected chi connectivity index (χ3v) is 3.59. The van der Waals surface area contributed by atoms with Crippen LogP contribution in [-0.2, 0) is 0 Å². The predicted octanol–water partition coefficient (Wildman–Crippen LogP) is 3.57. The van der Waals surface area contributed by atoms with E-state index in [1.54, 1.807) is 6.92 Å². The highest BCUT2D eigenvalue weighted by Gasteiger charge is 2.21. The molecule has 1 aliphatic carbocycles. The Morgan fingerprint density at radius 2 is 2.12 bits per heavy atom. The second-order valence-electron chi connectivity index (χ2n) is 4.61. The monoisotopic (exact) mass is 213 g/mol. The highest BCUT2D eigenvalue weighted by atomic mass is 16.1. The van der Waals surface area contributed by atoms with E-state index in [0.29, 0.717) is 6.04 Å². The zero-order chi connectivity index (χ0) is 11.1. The van der Waals surface area contributed by atoms with Crippen LogP contribution in [0.4, 0.5) is 0 Å². The maximum Gasteiger partial charge on any atom is 0.161 e. The van der Waals surface area contributed by atoms with E-state index >= 15 is 0 Å². The first-order valence-electron chi connectivity index (χ1n) is 5.88. The number of aromatic nitrogens is 1. The number of nitrogens with zero attached hydrogens (tertiary/aromatic N) is 1. The molecular formula is C14H15NO. The number of Topliss-reactive ketones (excluding diaryl/α,β-unsaturated/α-hetero) is 1. The number of benzene rings is 1. The van der Waals surface area contributed by atoms with Gasteiger partial charge in [-0.05, 0) is 38.3 Å². The van der Waals surface area contributed by atoms with Crippen molar-refractivity contribution in [1.82, 2.24) is 4.57 Å². The Morgan fingerprint density at radius 3 is 2.75 bits per heavy atom. The minimum atomic E-state index is 0.157. The first kappa shape index (κ1) is 9.64. The zero-order valence-corrected chi connectivity index (χ0v) is 9.44. The maximum absolute atomic E-state index is 11.6. The van der Waals surface area contributed by atoms with E-state index in [-0.39, 0.29) is 5.78 Å². The van der Waals surface area contributed by atoms with Crippen molar-refractivity contribution in [2.45, 2.75) is 32.2 Å². The molecule has 0 spiro atoms. The van der Waals surface area contributed by atoms with Gasteiger partial charge in [0.25, 0.3) is 0 Å². The topological polar surface area (TPSA) is 22.0 Å². The lowest BCUT2D eigenvalue weighted by atomic mass is 9.92. The summed E-state index contributed by atoms with van der Waals surface area (Å²) in [4.78, 5) is 11.6. The molecule has 1 aliphatic rings. The first-order chi connectivity index (χ1) is 7.77. The van der Waals surface area contributed by atoms with Crippen LogP contribution in [0.1, 0.15) is 42.6 Å². The number of fused-ring (bicyclic) bond motifs is 1. The Hall–Kier alpha value is -1.57. The van der Waals surface area contributed by atoms with Crippen LogP contribution in [0.2, 0.25) is 0 Å². The van der Waals surface area contributed by atoms with Crippen molar-refractivity contribution in [2.75, 3.05) is 0 Å². The molecule has 0 N–H and O–H groups in total. The lowest BCUT2D eigenvalue weighted by molar-refractivity contribution is 0.101. The van der Waals surface area contributed by atoms with Gasteiger partial charge < -0.3 is 4.57 Å². The number of hydrogen-bond donors (Lipinski definition) is 0. The largest absolute Gasteiger partial charge is 0.344 e. The lowest BCUT2D eigenvalue weighted by Gasteiger charge is -2.28. The van der Waals surface area contributed by atoms with Crippen molar-refractivity contribution in [2.24, 2.45) is 0 Å². The van der Waals surface area contributed by atoms with E-state index in [0.717, 1.165) is 11.1 Å². The fourth-order valence-corrected chi connectivity index (χ4v) is 2.47. The van der Waals surface area contributed by atoms with Crippen LogP contribution in [-0.4, -0.2) is 10.4 Å². The van der Waals surface area contributed by atoms with Crippen molar-refractivity contribution in [1.29, 1.82) is 0 Å². The molecule has 2 nitrogen and oxygen atoms in total. The van der Waals surface area contributed by atoms with Crippen LogP contribution in [0.3, 0.4) is 0 Å². The van der Waals surface area contributed by atoms with Crippen LogP contribution in [0.15, 0.2) is 30.5 Å². The molecule has 3 rings (SSSR count). The fourth-order valence-electron chi connectivity index (χ4n) is 2.47. The van der Waals surface area contributed by atoms with Gasteiger partial charge in [0.2, 0.25) is 0 Å². The van der Waals surface area contributed by atoms with E-state index in [2.05, 4.69) is 22.9 Å². The summed E-state index contributed by atoms with van der Waals surface area (Å²) in [5.74, 6) is 0.157. The van der Waals surface area contributed by atoms with Crippen LogP contribution in [0.5, 0.6) is 0 Å². The van der Waals surface area contributed by atoms with Crippen molar-refractivity contribution in [3.63, 3.8) is 0 Å². The first-order valence-corrected chi connectivity index (χ1v) is 5.88. The van der Waals surface area contributed by atoms with E-state index in [1.165, 1.54) is 24.6 Å². The minimum absolute atomic E-state index is 0.157. The fraction of sp³-hybridized carbons (Fsp3) is 0.357. The van der Waals surface area contributed by atoms with Gasteiger partial charge in [0.05, 0.1) is 5.52 Å². The molecule has 0 aliphatic heterocycles. The standard InChI is InChI=1S/C14H15NO/c1-10(16)13-7-2-4-11-8-9-15(14(11)13)12-5-3-6-12/h2,4,7-9,12H,3,5-6H2,1H3. The van der Waals surface area contributed by atoms with Crippen molar-refractivity contribution in [3.05, 3.63) is 36.0 Å². The Morgan fingerprint density at radius 1 is 1.31 bits per heavy atom. The van der Waals surface area contributed by atoms with Gasteiger partial charge in [0.1, 0.15) is 0 Å².